The second-order valence-corrected chi connectivity index (χ2v) is 11.2. The molecule has 0 aliphatic heterocycles. The molecule has 0 heterocycles. The molecule has 176 valence electrons. The minimum Gasteiger partial charge on any atom is -0.324 e. The van der Waals surface area contributed by atoms with E-state index in [0.717, 1.165) is 25.7 Å². The first kappa shape index (κ1) is 29.1. The average Bonchev–Trinajstić information content (AvgIpc) is 2.66. The first-order chi connectivity index (χ1) is 13.9. The van der Waals surface area contributed by atoms with E-state index >= 15 is 0 Å². The third-order valence-electron chi connectivity index (χ3n) is 6.44. The van der Waals surface area contributed by atoms with Gasteiger partial charge in [0.1, 0.15) is 0 Å². The highest BCUT2D eigenvalue weighted by atomic mass is 31.2. The van der Waals surface area contributed by atoms with Crippen LogP contribution in [0.15, 0.2) is 0 Å². The second-order valence-electron chi connectivity index (χ2n) is 9.37. The van der Waals surface area contributed by atoms with E-state index in [1.165, 1.54) is 96.3 Å². The molecule has 0 saturated heterocycles. The van der Waals surface area contributed by atoms with Gasteiger partial charge in [-0.25, -0.2) is 0 Å². The van der Waals surface area contributed by atoms with Crippen LogP contribution in [0.5, 0.6) is 0 Å². The van der Waals surface area contributed by atoms with Crippen molar-refractivity contribution in [3.05, 3.63) is 0 Å². The number of hydrogen-bond donors (Lipinski definition) is 2. The zero-order valence-corrected chi connectivity index (χ0v) is 20.9. The van der Waals surface area contributed by atoms with Crippen LogP contribution >= 0.6 is 7.60 Å². The molecule has 0 saturated carbocycles. The van der Waals surface area contributed by atoms with E-state index in [-0.39, 0.29) is 5.92 Å². The summed E-state index contributed by atoms with van der Waals surface area (Å²) in [7, 11) is -3.95. The van der Waals surface area contributed by atoms with Crippen LogP contribution in [0, 0.1) is 5.92 Å². The molecule has 0 aromatic carbocycles. The number of unbranched alkanes of at least 4 members (excludes halogenated alkanes) is 16. The van der Waals surface area contributed by atoms with Gasteiger partial charge in [0.25, 0.3) is 0 Å². The predicted molar refractivity (Wildman–Crippen MR) is 129 cm³/mol. The standard InChI is InChI=1S/C25H53O3P/c1-4-6-7-8-9-10-11-12-13-14-15-16-17-18-19-20-21-23-25(29(26,27)28)24(3)22-5-2/h24-25H,4-23H2,1-3H3,(H2,26,27,28). The Kier molecular flexibility index (Phi) is 20.2. The molecule has 29 heavy (non-hydrogen) atoms. The Bertz CT molecular complexity index is 380. The van der Waals surface area contributed by atoms with Gasteiger partial charge in [-0.15, -0.1) is 0 Å². The zero-order valence-electron chi connectivity index (χ0n) is 20.0. The third kappa shape index (κ3) is 18.6. The lowest BCUT2D eigenvalue weighted by Crippen LogP contribution is -2.18. The fraction of sp³-hybridized carbons (Fsp3) is 1.00. The van der Waals surface area contributed by atoms with Gasteiger partial charge in [0.05, 0.1) is 5.66 Å². The number of hydrogen-bond acceptors (Lipinski definition) is 1. The molecule has 0 aliphatic rings. The van der Waals surface area contributed by atoms with E-state index in [2.05, 4.69) is 13.8 Å². The minimum absolute atomic E-state index is 0.127. The molecule has 0 aromatic rings. The maximum atomic E-state index is 11.7. The summed E-state index contributed by atoms with van der Waals surface area (Å²) in [5.41, 5.74) is -0.432. The Balaban J connectivity index is 3.43. The summed E-state index contributed by atoms with van der Waals surface area (Å²) in [6.07, 6.45) is 25.4. The topological polar surface area (TPSA) is 57.5 Å². The number of rotatable bonds is 22. The van der Waals surface area contributed by atoms with Crippen molar-refractivity contribution in [3.8, 4) is 0 Å². The van der Waals surface area contributed by atoms with E-state index in [1.54, 1.807) is 0 Å². The summed E-state index contributed by atoms with van der Waals surface area (Å²) < 4.78 is 11.7. The van der Waals surface area contributed by atoms with Gasteiger partial charge in [0.2, 0.25) is 0 Å². The Morgan fingerprint density at radius 2 is 0.897 bits per heavy atom. The maximum absolute atomic E-state index is 11.7. The average molecular weight is 433 g/mol. The van der Waals surface area contributed by atoms with Crippen LogP contribution in [0.3, 0.4) is 0 Å². The molecule has 2 N–H and O–H groups in total. The SMILES string of the molecule is CCCCCCCCCCCCCCCCCCCC(C(C)CCC)P(=O)(O)O. The minimum atomic E-state index is -3.95. The fourth-order valence-corrected chi connectivity index (χ4v) is 5.84. The lowest BCUT2D eigenvalue weighted by Gasteiger charge is -2.24. The van der Waals surface area contributed by atoms with Gasteiger partial charge in [-0.05, 0) is 12.3 Å². The van der Waals surface area contributed by atoms with Crippen LogP contribution in [0.25, 0.3) is 0 Å². The lowest BCUT2D eigenvalue weighted by molar-refractivity contribution is 0.322. The molecule has 3 nitrogen and oxygen atoms in total. The van der Waals surface area contributed by atoms with Crippen LogP contribution in [0.1, 0.15) is 149 Å². The van der Waals surface area contributed by atoms with Gasteiger partial charge >= 0.3 is 7.60 Å². The predicted octanol–water partition coefficient (Wildman–Crippen LogP) is 9.01. The first-order valence-corrected chi connectivity index (χ1v) is 14.7. The molecule has 0 radical (unpaired) electrons. The summed E-state index contributed by atoms with van der Waals surface area (Å²) in [6.45, 7) is 6.36. The largest absolute Gasteiger partial charge is 0.328 e. The molecule has 0 bridgehead atoms. The molecule has 4 heteroatoms. The van der Waals surface area contributed by atoms with Crippen molar-refractivity contribution in [2.45, 2.75) is 155 Å². The first-order valence-electron chi connectivity index (χ1n) is 13.0. The van der Waals surface area contributed by atoms with Crippen molar-refractivity contribution in [1.82, 2.24) is 0 Å². The highest BCUT2D eigenvalue weighted by Crippen LogP contribution is 2.48. The van der Waals surface area contributed by atoms with Crippen molar-refractivity contribution in [2.24, 2.45) is 5.92 Å². The fourth-order valence-electron chi connectivity index (χ4n) is 4.51. The van der Waals surface area contributed by atoms with Crippen LogP contribution in [0.4, 0.5) is 0 Å². The summed E-state index contributed by atoms with van der Waals surface area (Å²) in [6, 6.07) is 0. The van der Waals surface area contributed by atoms with Crippen molar-refractivity contribution in [2.75, 3.05) is 0 Å². The Labute approximate surface area is 183 Å². The Morgan fingerprint density at radius 1 is 0.552 bits per heavy atom. The molecule has 0 aromatic heterocycles. The molecule has 0 rings (SSSR count). The molecule has 0 fully saturated rings. The van der Waals surface area contributed by atoms with Crippen molar-refractivity contribution >= 4 is 7.60 Å². The van der Waals surface area contributed by atoms with Crippen LogP contribution in [-0.4, -0.2) is 15.4 Å². The van der Waals surface area contributed by atoms with Crippen LogP contribution < -0.4 is 0 Å². The van der Waals surface area contributed by atoms with Crippen molar-refractivity contribution in [1.29, 1.82) is 0 Å². The Hall–Kier alpha value is 0.150. The van der Waals surface area contributed by atoms with E-state index in [0.29, 0.717) is 6.42 Å². The summed E-state index contributed by atoms with van der Waals surface area (Å²) >= 11 is 0. The smallest absolute Gasteiger partial charge is 0.324 e. The molecule has 0 amide bonds. The molecule has 2 unspecified atom stereocenters. The van der Waals surface area contributed by atoms with E-state index in [1.807, 2.05) is 6.92 Å². The highest BCUT2D eigenvalue weighted by Gasteiger charge is 2.32. The van der Waals surface area contributed by atoms with Crippen LogP contribution in [-0.2, 0) is 4.57 Å². The maximum Gasteiger partial charge on any atom is 0.328 e. The zero-order chi connectivity index (χ0) is 21.8. The van der Waals surface area contributed by atoms with Gasteiger partial charge < -0.3 is 9.79 Å². The van der Waals surface area contributed by atoms with Gasteiger partial charge in [0, 0.05) is 0 Å². The molecule has 2 atom stereocenters. The molecule has 0 spiro atoms. The van der Waals surface area contributed by atoms with Gasteiger partial charge in [-0.1, -0.05) is 143 Å². The van der Waals surface area contributed by atoms with Gasteiger partial charge in [-0.3, -0.25) is 4.57 Å². The molecule has 0 aliphatic carbocycles. The molecular formula is C25H53O3P. The lowest BCUT2D eigenvalue weighted by atomic mass is 9.97. The van der Waals surface area contributed by atoms with E-state index in [4.69, 9.17) is 0 Å². The summed E-state index contributed by atoms with van der Waals surface area (Å²) in [5, 5.41) is 0. The summed E-state index contributed by atoms with van der Waals surface area (Å²) in [4.78, 5) is 19.2. The van der Waals surface area contributed by atoms with Crippen LogP contribution in [0.2, 0.25) is 0 Å². The third-order valence-corrected chi connectivity index (χ3v) is 8.07. The Morgan fingerprint density at radius 3 is 1.21 bits per heavy atom. The van der Waals surface area contributed by atoms with E-state index in [9.17, 15) is 14.4 Å². The van der Waals surface area contributed by atoms with Crippen molar-refractivity contribution in [3.63, 3.8) is 0 Å². The normalized spacial score (nSPS) is 14.2. The van der Waals surface area contributed by atoms with Gasteiger partial charge in [0.15, 0.2) is 0 Å². The van der Waals surface area contributed by atoms with Crippen molar-refractivity contribution < 1.29 is 14.4 Å². The summed E-state index contributed by atoms with van der Waals surface area (Å²) in [5.74, 6) is 0.127. The molecular weight excluding hydrogens is 379 g/mol. The van der Waals surface area contributed by atoms with E-state index < -0.39 is 13.3 Å². The van der Waals surface area contributed by atoms with Gasteiger partial charge in [-0.2, -0.15) is 0 Å². The second kappa shape index (κ2) is 20.1. The highest BCUT2D eigenvalue weighted by molar-refractivity contribution is 7.52. The monoisotopic (exact) mass is 432 g/mol. The quantitative estimate of drug-likeness (QED) is 0.132.